The van der Waals surface area contributed by atoms with Gasteiger partial charge in [-0.15, -0.1) is 0 Å². The van der Waals surface area contributed by atoms with Crippen molar-refractivity contribution in [3.63, 3.8) is 0 Å². The zero-order valence-electron chi connectivity index (χ0n) is 38.8. The number of halogens is 2. The van der Waals surface area contributed by atoms with Gasteiger partial charge in [-0.1, -0.05) is 115 Å². The van der Waals surface area contributed by atoms with Crippen LogP contribution >= 0.6 is 31.9 Å². The van der Waals surface area contributed by atoms with Gasteiger partial charge in [-0.2, -0.15) is 0 Å². The topological polar surface area (TPSA) is 9.72 Å². The van der Waals surface area contributed by atoms with Crippen molar-refractivity contribution in [2.24, 2.45) is 0 Å². The van der Waals surface area contributed by atoms with E-state index in [1.165, 1.54) is 67.1 Å². The second-order valence-corrected chi connectivity index (χ2v) is 21.0. The van der Waals surface area contributed by atoms with Crippen LogP contribution in [0.15, 0.2) is 142 Å². The maximum atomic E-state index is 3.68. The van der Waals surface area contributed by atoms with E-state index in [1.807, 2.05) is 0 Å². The summed E-state index contributed by atoms with van der Waals surface area (Å²) in [6, 6.07) is 49.5. The number of hydrogen-bond acceptors (Lipinski definition) is 3. The molecule has 3 nitrogen and oxygen atoms in total. The van der Waals surface area contributed by atoms with Gasteiger partial charge in [0.1, 0.15) is 0 Å². The van der Waals surface area contributed by atoms with Crippen LogP contribution in [0.3, 0.4) is 0 Å². The van der Waals surface area contributed by atoms with Crippen molar-refractivity contribution >= 4 is 83.0 Å². The number of anilines is 9. The maximum Gasteiger partial charge on any atom is 0.0520 e. The molecule has 0 spiro atoms. The Morgan fingerprint density at radius 3 is 0.710 bits per heavy atom. The number of benzene rings is 7. The van der Waals surface area contributed by atoms with Crippen LogP contribution in [0.1, 0.15) is 91.6 Å². The van der Waals surface area contributed by atoms with Crippen molar-refractivity contribution in [2.75, 3.05) is 14.7 Å². The van der Waals surface area contributed by atoms with E-state index in [4.69, 9.17) is 0 Å². The quantitative estimate of drug-likeness (QED) is 0.143. The molecule has 0 fully saturated rings. The molecule has 0 aromatic heterocycles. The molecule has 0 unspecified atom stereocenters. The molecule has 0 N–H and O–H groups in total. The minimum Gasteiger partial charge on any atom is -0.310 e. The van der Waals surface area contributed by atoms with Gasteiger partial charge in [-0.3, -0.25) is 0 Å². The van der Waals surface area contributed by atoms with Crippen LogP contribution in [0.2, 0.25) is 0 Å². The first-order chi connectivity index (χ1) is 29.2. The summed E-state index contributed by atoms with van der Waals surface area (Å²) < 4.78 is 2.12. The van der Waals surface area contributed by atoms with Gasteiger partial charge in [-0.05, 0) is 201 Å². The summed E-state index contributed by atoms with van der Waals surface area (Å²) in [7, 11) is 0. The Kier molecular flexibility index (Phi) is 12.7. The molecule has 7 aromatic rings. The summed E-state index contributed by atoms with van der Waals surface area (Å²) in [4.78, 5) is 7.24. The van der Waals surface area contributed by atoms with Crippen molar-refractivity contribution in [1.29, 1.82) is 0 Å². The van der Waals surface area contributed by atoms with Crippen molar-refractivity contribution < 1.29 is 0 Å². The fourth-order valence-corrected chi connectivity index (χ4v) is 9.44. The normalized spacial score (nSPS) is 11.8. The fourth-order valence-electron chi connectivity index (χ4n) is 8.91. The minimum absolute atomic E-state index is 0.0544. The van der Waals surface area contributed by atoms with E-state index < -0.39 is 0 Å². The van der Waals surface area contributed by atoms with E-state index in [0.717, 1.165) is 43.1 Å². The minimum atomic E-state index is 0.0544. The second kappa shape index (κ2) is 17.6. The first kappa shape index (κ1) is 44.9. The van der Waals surface area contributed by atoms with E-state index >= 15 is 0 Å². The highest BCUT2D eigenvalue weighted by atomic mass is 79.9. The zero-order valence-corrected chi connectivity index (χ0v) is 42.0. The van der Waals surface area contributed by atoms with Gasteiger partial charge in [0.25, 0.3) is 0 Å². The first-order valence-electron chi connectivity index (χ1n) is 21.6. The van der Waals surface area contributed by atoms with E-state index in [9.17, 15) is 0 Å². The highest BCUT2D eigenvalue weighted by Crippen LogP contribution is 2.46. The molecule has 7 aromatic carbocycles. The standard InChI is InChI=1S/C57H61Br2N3/c1-36-30-37(2)53(38(3)31-36)62(51-26-22-49(23-27-51)60(47-18-14-45(58)15-19-47)54-39(4)32-43(33-40(54)5)56(8,9)10)52-28-24-50(25-29-52)61(48-20-16-46(59)17-21-48)55-41(6)34-44(35-42(55)7)57(11,12)13/h14-35H,1-13H3. The van der Waals surface area contributed by atoms with Crippen LogP contribution in [0.5, 0.6) is 0 Å². The molecule has 0 radical (unpaired) electrons. The summed E-state index contributed by atoms with van der Waals surface area (Å²) >= 11 is 7.36. The monoisotopic (exact) mass is 945 g/mol. The van der Waals surface area contributed by atoms with Gasteiger partial charge in [-0.25, -0.2) is 0 Å². The molecule has 0 aliphatic carbocycles. The van der Waals surface area contributed by atoms with E-state index in [-0.39, 0.29) is 10.8 Å². The molecule has 0 amide bonds. The Morgan fingerprint density at radius 2 is 0.500 bits per heavy atom. The Morgan fingerprint density at radius 1 is 0.306 bits per heavy atom. The van der Waals surface area contributed by atoms with E-state index in [1.54, 1.807) is 0 Å². The lowest BCUT2D eigenvalue weighted by atomic mass is 9.84. The third kappa shape index (κ3) is 9.31. The molecule has 0 aliphatic rings. The van der Waals surface area contributed by atoms with Crippen LogP contribution in [0, 0.1) is 48.5 Å². The molecule has 0 aliphatic heterocycles. The van der Waals surface area contributed by atoms with Crippen LogP contribution in [-0.4, -0.2) is 0 Å². The summed E-state index contributed by atoms with van der Waals surface area (Å²) in [5, 5.41) is 0. The maximum absolute atomic E-state index is 3.68. The largest absolute Gasteiger partial charge is 0.310 e. The summed E-state index contributed by atoms with van der Waals surface area (Å²) in [5.41, 5.74) is 21.8. The predicted octanol–water partition coefficient (Wildman–Crippen LogP) is 18.4. The van der Waals surface area contributed by atoms with Crippen LogP contribution < -0.4 is 14.7 Å². The predicted molar refractivity (Wildman–Crippen MR) is 276 cm³/mol. The van der Waals surface area contributed by atoms with Gasteiger partial charge >= 0.3 is 0 Å². The number of rotatable bonds is 9. The highest BCUT2D eigenvalue weighted by molar-refractivity contribution is 9.10. The Hall–Kier alpha value is -5.10. The second-order valence-electron chi connectivity index (χ2n) is 19.2. The molecule has 0 saturated carbocycles. The van der Waals surface area contributed by atoms with Gasteiger partial charge in [0, 0.05) is 43.1 Å². The Balaban J connectivity index is 1.36. The smallest absolute Gasteiger partial charge is 0.0520 e. The fraction of sp³-hybridized carbons (Fsp3) is 0.263. The van der Waals surface area contributed by atoms with Crippen molar-refractivity contribution in [1.82, 2.24) is 0 Å². The van der Waals surface area contributed by atoms with E-state index in [2.05, 4.69) is 270 Å². The summed E-state index contributed by atoms with van der Waals surface area (Å²) in [6.07, 6.45) is 0. The lowest BCUT2D eigenvalue weighted by Crippen LogP contribution is -2.17. The van der Waals surface area contributed by atoms with Gasteiger partial charge < -0.3 is 14.7 Å². The molecule has 0 bridgehead atoms. The number of aryl methyl sites for hydroxylation is 7. The van der Waals surface area contributed by atoms with Gasteiger partial charge in [0.2, 0.25) is 0 Å². The third-order valence-corrected chi connectivity index (χ3v) is 13.0. The number of hydrogen-bond donors (Lipinski definition) is 0. The lowest BCUT2D eigenvalue weighted by Gasteiger charge is -2.33. The summed E-state index contributed by atoms with van der Waals surface area (Å²) in [6.45, 7) is 29.3. The zero-order chi connectivity index (χ0) is 44.8. The lowest BCUT2D eigenvalue weighted by molar-refractivity contribution is 0.589. The molecular formula is C57H61Br2N3. The Bertz CT molecular complexity index is 2490. The van der Waals surface area contributed by atoms with Crippen LogP contribution in [-0.2, 0) is 10.8 Å². The van der Waals surface area contributed by atoms with E-state index in [0.29, 0.717) is 0 Å². The molecular weight excluding hydrogens is 886 g/mol. The van der Waals surface area contributed by atoms with Crippen molar-refractivity contribution in [3.8, 4) is 0 Å². The SMILES string of the molecule is Cc1cc(C)c(N(c2ccc(N(c3ccc(Br)cc3)c3c(C)cc(C(C)(C)C)cc3C)cc2)c2ccc(N(c3ccc(Br)cc3)c3c(C)cc(C(C)(C)C)cc3C)cc2)c(C)c1. The Labute approximate surface area is 388 Å². The summed E-state index contributed by atoms with van der Waals surface area (Å²) in [5.74, 6) is 0. The van der Waals surface area contributed by atoms with Gasteiger partial charge in [0.05, 0.1) is 17.1 Å². The molecule has 318 valence electrons. The molecule has 0 heterocycles. The molecule has 0 atom stereocenters. The number of nitrogens with zero attached hydrogens (tertiary/aromatic N) is 3. The third-order valence-electron chi connectivity index (χ3n) is 11.9. The van der Waals surface area contributed by atoms with Crippen LogP contribution in [0.25, 0.3) is 0 Å². The van der Waals surface area contributed by atoms with Gasteiger partial charge in [0.15, 0.2) is 0 Å². The molecule has 5 heteroatoms. The average molecular weight is 948 g/mol. The van der Waals surface area contributed by atoms with Crippen molar-refractivity contribution in [2.45, 2.75) is 101 Å². The highest BCUT2D eigenvalue weighted by Gasteiger charge is 2.25. The molecule has 62 heavy (non-hydrogen) atoms. The molecule has 7 rings (SSSR count). The van der Waals surface area contributed by atoms with Crippen LogP contribution in [0.4, 0.5) is 51.2 Å². The first-order valence-corrected chi connectivity index (χ1v) is 23.2. The molecule has 0 saturated heterocycles. The average Bonchev–Trinajstić information content (AvgIpc) is 3.19. The van der Waals surface area contributed by atoms with Crippen molar-refractivity contribution in [3.05, 3.63) is 192 Å².